The van der Waals surface area contributed by atoms with E-state index < -0.39 is 17.7 Å². The molecule has 5 heteroatoms. The van der Waals surface area contributed by atoms with Crippen molar-refractivity contribution >= 4 is 17.7 Å². The van der Waals surface area contributed by atoms with Crippen molar-refractivity contribution in [2.24, 2.45) is 0 Å². The van der Waals surface area contributed by atoms with Crippen LogP contribution in [0.25, 0.3) is 0 Å². The van der Waals surface area contributed by atoms with Crippen LogP contribution in [-0.4, -0.2) is 31.3 Å². The number of hydrogen-bond acceptors (Lipinski definition) is 4. The monoisotopic (exact) mass is 279 g/mol. The number of benzene rings is 1. The second kappa shape index (κ2) is 6.41. The van der Waals surface area contributed by atoms with Crippen LogP contribution in [-0.2, 0) is 9.47 Å². The summed E-state index contributed by atoms with van der Waals surface area (Å²) in [6.45, 7) is 7.45. The summed E-state index contributed by atoms with van der Waals surface area (Å²) in [7, 11) is 1.60. The molecule has 0 heterocycles. The molecule has 5 nitrogen and oxygen atoms in total. The molecular formula is C15H21NO4. The molecular weight excluding hydrogens is 258 g/mol. The topological polar surface area (TPSA) is 55.8 Å². The second-order valence-corrected chi connectivity index (χ2v) is 5.31. The highest BCUT2D eigenvalue weighted by molar-refractivity contribution is 5.93. The van der Waals surface area contributed by atoms with E-state index in [0.29, 0.717) is 17.9 Å². The van der Waals surface area contributed by atoms with Gasteiger partial charge in [-0.25, -0.2) is 9.59 Å². The van der Waals surface area contributed by atoms with Crippen LogP contribution in [0, 0.1) is 0 Å². The van der Waals surface area contributed by atoms with Gasteiger partial charge in [-0.2, -0.15) is 0 Å². The number of anilines is 1. The first-order chi connectivity index (χ1) is 9.24. The number of amides is 1. The molecule has 20 heavy (non-hydrogen) atoms. The van der Waals surface area contributed by atoms with Crippen LogP contribution < -0.4 is 4.90 Å². The Kier molecular flexibility index (Phi) is 5.13. The van der Waals surface area contributed by atoms with E-state index in [9.17, 15) is 9.59 Å². The highest BCUT2D eigenvalue weighted by Gasteiger charge is 2.21. The molecule has 1 rings (SSSR count). The van der Waals surface area contributed by atoms with Crippen molar-refractivity contribution in [3.63, 3.8) is 0 Å². The molecule has 0 bridgehead atoms. The summed E-state index contributed by atoms with van der Waals surface area (Å²) >= 11 is 0. The summed E-state index contributed by atoms with van der Waals surface area (Å²) < 4.78 is 10.2. The molecule has 0 aliphatic rings. The number of esters is 1. The number of hydrogen-bond donors (Lipinski definition) is 0. The first-order valence-corrected chi connectivity index (χ1v) is 6.48. The van der Waals surface area contributed by atoms with Gasteiger partial charge in [-0.15, -0.1) is 0 Å². The maximum Gasteiger partial charge on any atom is 0.414 e. The lowest BCUT2D eigenvalue weighted by molar-refractivity contribution is 0.0523. The Morgan fingerprint density at radius 3 is 2.45 bits per heavy atom. The van der Waals surface area contributed by atoms with Crippen molar-refractivity contribution in [1.29, 1.82) is 0 Å². The van der Waals surface area contributed by atoms with Crippen molar-refractivity contribution in [2.75, 3.05) is 18.6 Å². The smallest absolute Gasteiger partial charge is 0.414 e. The molecule has 0 saturated carbocycles. The lowest BCUT2D eigenvalue weighted by Crippen LogP contribution is -2.34. The molecule has 0 unspecified atom stereocenters. The maximum atomic E-state index is 12.0. The lowest BCUT2D eigenvalue weighted by atomic mass is 10.2. The Labute approximate surface area is 119 Å². The molecule has 1 amide bonds. The third kappa shape index (κ3) is 4.57. The van der Waals surface area contributed by atoms with Crippen LogP contribution >= 0.6 is 0 Å². The largest absolute Gasteiger partial charge is 0.462 e. The van der Waals surface area contributed by atoms with Crippen molar-refractivity contribution in [2.45, 2.75) is 33.3 Å². The number of rotatable bonds is 3. The SMILES string of the molecule is CCOC(=O)c1cccc(N(C)C(=O)OC(C)(C)C)c1. The zero-order valence-corrected chi connectivity index (χ0v) is 12.6. The van der Waals surface area contributed by atoms with E-state index in [1.165, 1.54) is 4.90 Å². The Morgan fingerprint density at radius 1 is 1.25 bits per heavy atom. The third-order valence-corrected chi connectivity index (χ3v) is 2.41. The minimum absolute atomic E-state index is 0.310. The minimum Gasteiger partial charge on any atom is -0.462 e. The fourth-order valence-electron chi connectivity index (χ4n) is 1.49. The third-order valence-electron chi connectivity index (χ3n) is 2.41. The molecule has 0 aromatic heterocycles. The molecule has 0 atom stereocenters. The van der Waals surface area contributed by atoms with E-state index in [-0.39, 0.29) is 0 Å². The van der Waals surface area contributed by atoms with Gasteiger partial charge in [-0.1, -0.05) is 6.07 Å². The molecule has 0 spiro atoms. The average Bonchev–Trinajstić information content (AvgIpc) is 2.36. The molecule has 0 saturated heterocycles. The summed E-state index contributed by atoms with van der Waals surface area (Å²) in [6.07, 6.45) is -0.474. The molecule has 0 aliphatic heterocycles. The van der Waals surface area contributed by atoms with Crippen LogP contribution in [0.1, 0.15) is 38.1 Å². The van der Waals surface area contributed by atoms with Gasteiger partial charge in [0.25, 0.3) is 0 Å². The molecule has 110 valence electrons. The normalized spacial score (nSPS) is 10.8. The van der Waals surface area contributed by atoms with E-state index in [4.69, 9.17) is 9.47 Å². The predicted octanol–water partition coefficient (Wildman–Crippen LogP) is 3.23. The number of carbonyl (C=O) groups is 2. The summed E-state index contributed by atoms with van der Waals surface area (Å²) in [6, 6.07) is 6.67. The van der Waals surface area contributed by atoms with Gasteiger partial charge in [0.2, 0.25) is 0 Å². The van der Waals surface area contributed by atoms with Crippen LogP contribution in [0.3, 0.4) is 0 Å². The number of nitrogens with zero attached hydrogens (tertiary/aromatic N) is 1. The van der Waals surface area contributed by atoms with Crippen molar-refractivity contribution in [3.05, 3.63) is 29.8 Å². The van der Waals surface area contributed by atoms with Gasteiger partial charge in [0.1, 0.15) is 5.60 Å². The van der Waals surface area contributed by atoms with Crippen LogP contribution in [0.15, 0.2) is 24.3 Å². The summed E-state index contributed by atoms with van der Waals surface area (Å²) in [5.74, 6) is -0.410. The highest BCUT2D eigenvalue weighted by atomic mass is 16.6. The van der Waals surface area contributed by atoms with Gasteiger partial charge < -0.3 is 9.47 Å². The first kappa shape index (κ1) is 16.0. The van der Waals surface area contributed by atoms with Crippen molar-refractivity contribution in [1.82, 2.24) is 0 Å². The Balaban J connectivity index is 2.88. The first-order valence-electron chi connectivity index (χ1n) is 6.48. The molecule has 0 radical (unpaired) electrons. The molecule has 1 aromatic rings. The van der Waals surface area contributed by atoms with Gasteiger partial charge >= 0.3 is 12.1 Å². The van der Waals surface area contributed by atoms with Gasteiger partial charge in [0.15, 0.2) is 0 Å². The van der Waals surface area contributed by atoms with E-state index in [1.807, 2.05) is 0 Å². The molecule has 1 aromatic carbocycles. The van der Waals surface area contributed by atoms with E-state index in [1.54, 1.807) is 59.0 Å². The van der Waals surface area contributed by atoms with Gasteiger partial charge in [-0.3, -0.25) is 4.90 Å². The van der Waals surface area contributed by atoms with E-state index in [0.717, 1.165) is 0 Å². The van der Waals surface area contributed by atoms with Crippen LogP contribution in [0.4, 0.5) is 10.5 Å². The zero-order valence-electron chi connectivity index (χ0n) is 12.6. The lowest BCUT2D eigenvalue weighted by Gasteiger charge is -2.24. The summed E-state index contributed by atoms with van der Waals surface area (Å²) in [5, 5.41) is 0. The van der Waals surface area contributed by atoms with E-state index >= 15 is 0 Å². The second-order valence-electron chi connectivity index (χ2n) is 5.31. The Hall–Kier alpha value is -2.04. The molecule has 0 fully saturated rings. The van der Waals surface area contributed by atoms with Crippen LogP contribution in [0.5, 0.6) is 0 Å². The molecule has 0 aliphatic carbocycles. The highest BCUT2D eigenvalue weighted by Crippen LogP contribution is 2.18. The fraction of sp³-hybridized carbons (Fsp3) is 0.467. The fourth-order valence-corrected chi connectivity index (χ4v) is 1.49. The predicted molar refractivity (Wildman–Crippen MR) is 77.0 cm³/mol. The minimum atomic E-state index is -0.565. The summed E-state index contributed by atoms with van der Waals surface area (Å²) in [5.41, 5.74) is 0.411. The van der Waals surface area contributed by atoms with Crippen molar-refractivity contribution < 1.29 is 19.1 Å². The average molecular weight is 279 g/mol. The Bertz CT molecular complexity index is 491. The number of carbonyl (C=O) groups excluding carboxylic acids is 2. The van der Waals surface area contributed by atoms with Crippen LogP contribution in [0.2, 0.25) is 0 Å². The maximum absolute atomic E-state index is 12.0. The quantitative estimate of drug-likeness (QED) is 0.797. The van der Waals surface area contributed by atoms with Crippen molar-refractivity contribution in [3.8, 4) is 0 Å². The van der Waals surface area contributed by atoms with E-state index in [2.05, 4.69) is 0 Å². The zero-order chi connectivity index (χ0) is 15.3. The van der Waals surface area contributed by atoms with Gasteiger partial charge in [0.05, 0.1) is 12.2 Å². The summed E-state index contributed by atoms with van der Waals surface area (Å²) in [4.78, 5) is 25.0. The standard InChI is InChI=1S/C15H21NO4/c1-6-19-13(17)11-8-7-9-12(10-11)16(5)14(18)20-15(2,3)4/h7-10H,6H2,1-5H3. The molecule has 0 N–H and O–H groups in total. The Morgan fingerprint density at radius 2 is 1.90 bits per heavy atom. The van der Waals surface area contributed by atoms with Gasteiger partial charge in [0, 0.05) is 12.7 Å². The van der Waals surface area contributed by atoms with Gasteiger partial charge in [-0.05, 0) is 45.9 Å². The number of ether oxygens (including phenoxy) is 2.